The van der Waals surface area contributed by atoms with E-state index in [-0.39, 0.29) is 5.92 Å². The number of nitrogens with one attached hydrogen (secondary N) is 1. The molecule has 1 aliphatic rings. The third-order valence-electron chi connectivity index (χ3n) is 6.16. The number of benzene rings is 3. The van der Waals surface area contributed by atoms with Crippen molar-refractivity contribution in [3.63, 3.8) is 0 Å². The van der Waals surface area contributed by atoms with Crippen molar-refractivity contribution in [2.45, 2.75) is 39.0 Å². The van der Waals surface area contributed by atoms with Crippen LogP contribution in [0.3, 0.4) is 0 Å². The quantitative estimate of drug-likeness (QED) is 0.257. The largest absolute Gasteiger partial charge is 0.503 e. The summed E-state index contributed by atoms with van der Waals surface area (Å²) in [4.78, 5) is 25.8. The van der Waals surface area contributed by atoms with Crippen molar-refractivity contribution in [1.29, 1.82) is 0 Å². The summed E-state index contributed by atoms with van der Waals surface area (Å²) in [5, 5.41) is 17.2. The van der Waals surface area contributed by atoms with Crippen molar-refractivity contribution in [3.05, 3.63) is 77.9 Å². The monoisotopic (exact) mass is 472 g/mol. The first-order valence-electron chi connectivity index (χ1n) is 11.7. The van der Waals surface area contributed by atoms with Gasteiger partial charge in [-0.25, -0.2) is 4.79 Å². The van der Waals surface area contributed by atoms with Gasteiger partial charge in [0.05, 0.1) is 0 Å². The molecule has 1 aromatic heterocycles. The predicted octanol–water partition coefficient (Wildman–Crippen LogP) is 7.53. The lowest BCUT2D eigenvalue weighted by Gasteiger charge is -2.20. The van der Waals surface area contributed by atoms with E-state index in [0.717, 1.165) is 51.9 Å². The first kappa shape index (κ1) is 24.0. The predicted molar refractivity (Wildman–Crippen MR) is 135 cm³/mol. The van der Waals surface area contributed by atoms with E-state index in [1.165, 1.54) is 19.3 Å². The lowest BCUT2D eigenvalue weighted by molar-refractivity contribution is 0.0889. The molecule has 1 saturated carbocycles. The van der Waals surface area contributed by atoms with Crippen LogP contribution in [0.4, 0.5) is 16.5 Å². The van der Waals surface area contributed by atoms with Crippen molar-refractivity contribution < 1.29 is 24.2 Å². The highest BCUT2D eigenvalue weighted by Crippen LogP contribution is 2.29. The number of carboxylic acid groups (broad SMARTS) is 2. The highest BCUT2D eigenvalue weighted by molar-refractivity contribution is 5.98. The molecule has 0 atom stereocenters. The molecule has 1 heterocycles. The maximum atomic E-state index is 12.7. The number of fused-ring (bicyclic) bond motifs is 1. The lowest BCUT2D eigenvalue weighted by Crippen LogP contribution is -2.17. The Morgan fingerprint density at radius 1 is 0.886 bits per heavy atom. The Morgan fingerprint density at radius 2 is 1.49 bits per heavy atom. The Kier molecular flexibility index (Phi) is 7.45. The molecule has 0 saturated heterocycles. The fraction of sp³-hybridized carbons (Fsp3) is 0.250. The Bertz CT molecular complexity index is 1300. The van der Waals surface area contributed by atoms with E-state index < -0.39 is 6.16 Å². The summed E-state index contributed by atoms with van der Waals surface area (Å²) in [5.74, 6) is 0.514. The summed E-state index contributed by atoms with van der Waals surface area (Å²) in [5.41, 5.74) is 6.73. The Balaban J connectivity index is 0.000000672. The van der Waals surface area contributed by atoms with Crippen LogP contribution in [0.1, 0.15) is 48.0 Å². The number of anilines is 2. The van der Waals surface area contributed by atoms with Gasteiger partial charge >= 0.3 is 6.16 Å². The fourth-order valence-electron chi connectivity index (χ4n) is 4.39. The van der Waals surface area contributed by atoms with Crippen LogP contribution in [0.15, 0.2) is 71.1 Å². The van der Waals surface area contributed by atoms with E-state index in [1.807, 2.05) is 61.5 Å². The average molecular weight is 473 g/mol. The maximum absolute atomic E-state index is 12.7. The molecule has 0 radical (unpaired) electrons. The minimum atomic E-state index is -1.83. The van der Waals surface area contributed by atoms with E-state index >= 15 is 0 Å². The van der Waals surface area contributed by atoms with Crippen molar-refractivity contribution in [1.82, 2.24) is 4.98 Å². The Hall–Kier alpha value is -4.13. The molecule has 0 aliphatic heterocycles. The molecule has 1 fully saturated rings. The smallest absolute Gasteiger partial charge is 0.450 e. The van der Waals surface area contributed by atoms with Gasteiger partial charge in [0.2, 0.25) is 0 Å². The number of oxazole rings is 1. The molecular formula is C28H28N2O5. The SMILES string of the molecule is Cc1ccc2oc(Nc3ccc(-c4ccc(C(=O)C5CCCCC5)cc4)cc3)nc2c1.O=C(O)O. The van der Waals surface area contributed by atoms with Gasteiger partial charge in [0.1, 0.15) is 5.52 Å². The average Bonchev–Trinajstić information content (AvgIpc) is 3.26. The van der Waals surface area contributed by atoms with E-state index in [9.17, 15) is 4.79 Å². The zero-order valence-electron chi connectivity index (χ0n) is 19.5. The van der Waals surface area contributed by atoms with Crippen LogP contribution in [0.2, 0.25) is 0 Å². The molecule has 0 bridgehead atoms. The van der Waals surface area contributed by atoms with Gasteiger partial charge in [0.25, 0.3) is 6.01 Å². The normalized spacial score (nSPS) is 13.6. The van der Waals surface area contributed by atoms with Crippen LogP contribution in [-0.2, 0) is 0 Å². The molecule has 0 unspecified atom stereocenters. The number of Topliss-reactive ketones (excluding diaryl/α,β-unsaturated/α-hetero) is 1. The van der Waals surface area contributed by atoms with Gasteiger partial charge in [0.15, 0.2) is 11.4 Å². The molecule has 3 aromatic carbocycles. The minimum absolute atomic E-state index is 0.209. The second kappa shape index (κ2) is 10.9. The van der Waals surface area contributed by atoms with Gasteiger partial charge in [-0.15, -0.1) is 0 Å². The van der Waals surface area contributed by atoms with Gasteiger partial charge < -0.3 is 19.9 Å². The highest BCUT2D eigenvalue weighted by atomic mass is 16.6. The maximum Gasteiger partial charge on any atom is 0.503 e. The third-order valence-corrected chi connectivity index (χ3v) is 6.16. The molecule has 4 aromatic rings. The molecule has 0 spiro atoms. The molecule has 7 heteroatoms. The van der Waals surface area contributed by atoms with Gasteiger partial charge in [-0.2, -0.15) is 4.98 Å². The topological polar surface area (TPSA) is 113 Å². The van der Waals surface area contributed by atoms with Crippen molar-refractivity contribution in [2.24, 2.45) is 5.92 Å². The summed E-state index contributed by atoms with van der Waals surface area (Å²) < 4.78 is 5.77. The number of hydrogen-bond acceptors (Lipinski definition) is 5. The number of rotatable bonds is 5. The molecule has 180 valence electrons. The van der Waals surface area contributed by atoms with Gasteiger partial charge in [-0.05, 0) is 60.7 Å². The first-order chi connectivity index (χ1) is 16.9. The highest BCUT2D eigenvalue weighted by Gasteiger charge is 2.22. The van der Waals surface area contributed by atoms with Crippen LogP contribution >= 0.6 is 0 Å². The fourth-order valence-corrected chi connectivity index (χ4v) is 4.39. The second-order valence-corrected chi connectivity index (χ2v) is 8.75. The van der Waals surface area contributed by atoms with E-state index in [0.29, 0.717) is 11.8 Å². The summed E-state index contributed by atoms with van der Waals surface area (Å²) in [7, 11) is 0. The second-order valence-electron chi connectivity index (χ2n) is 8.75. The minimum Gasteiger partial charge on any atom is -0.450 e. The molecule has 3 N–H and O–H groups in total. The molecular weight excluding hydrogens is 444 g/mol. The number of nitrogens with zero attached hydrogens (tertiary/aromatic N) is 1. The molecule has 0 amide bonds. The van der Waals surface area contributed by atoms with Gasteiger partial charge in [-0.3, -0.25) is 4.79 Å². The Morgan fingerprint density at radius 3 is 2.11 bits per heavy atom. The van der Waals surface area contributed by atoms with Crippen LogP contribution in [-0.4, -0.2) is 27.1 Å². The first-order valence-corrected chi connectivity index (χ1v) is 11.7. The third kappa shape index (κ3) is 6.26. The van der Waals surface area contributed by atoms with E-state index in [4.69, 9.17) is 19.4 Å². The summed E-state index contributed by atoms with van der Waals surface area (Å²) in [6.07, 6.45) is 3.86. The molecule has 7 nitrogen and oxygen atoms in total. The molecule has 35 heavy (non-hydrogen) atoms. The zero-order valence-corrected chi connectivity index (χ0v) is 19.5. The summed E-state index contributed by atoms with van der Waals surface area (Å²) in [6, 6.07) is 22.6. The number of carbonyl (C=O) groups excluding carboxylic acids is 1. The van der Waals surface area contributed by atoms with Gasteiger partial charge in [-0.1, -0.05) is 61.7 Å². The van der Waals surface area contributed by atoms with Crippen molar-refractivity contribution in [2.75, 3.05) is 5.32 Å². The number of aryl methyl sites for hydroxylation is 1. The lowest BCUT2D eigenvalue weighted by atomic mass is 9.83. The van der Waals surface area contributed by atoms with E-state index in [2.05, 4.69) is 22.4 Å². The molecule has 1 aliphatic carbocycles. The number of carbonyl (C=O) groups is 2. The van der Waals surface area contributed by atoms with Crippen LogP contribution < -0.4 is 5.32 Å². The van der Waals surface area contributed by atoms with Gasteiger partial charge in [0, 0.05) is 17.2 Å². The standard InChI is InChI=1S/C27H26N2O2.CH2O3/c1-18-7-16-25-24(17-18)29-27(31-25)28-23-14-12-20(13-15-23)19-8-10-22(11-9-19)26(30)21-5-3-2-4-6-21;2-1(3)4/h7-17,21H,2-6H2,1H3,(H,28,29);(H2,2,3,4). The van der Waals surface area contributed by atoms with Crippen LogP contribution in [0, 0.1) is 12.8 Å². The number of aromatic nitrogens is 1. The van der Waals surface area contributed by atoms with Crippen molar-refractivity contribution >= 4 is 34.7 Å². The summed E-state index contributed by atoms with van der Waals surface area (Å²) >= 11 is 0. The van der Waals surface area contributed by atoms with Crippen molar-refractivity contribution in [3.8, 4) is 11.1 Å². The summed E-state index contributed by atoms with van der Waals surface area (Å²) in [6.45, 7) is 2.04. The van der Waals surface area contributed by atoms with E-state index in [1.54, 1.807) is 0 Å². The molecule has 5 rings (SSSR count). The van der Waals surface area contributed by atoms with Crippen LogP contribution in [0.5, 0.6) is 0 Å². The Labute approximate surface area is 203 Å². The number of hydrogen-bond donors (Lipinski definition) is 3. The van der Waals surface area contributed by atoms with Crippen LogP contribution in [0.25, 0.3) is 22.2 Å². The number of ketones is 1. The zero-order chi connectivity index (χ0) is 24.8.